The lowest BCUT2D eigenvalue weighted by Gasteiger charge is -2.09. The molecule has 1 aromatic rings. The van der Waals surface area contributed by atoms with Gasteiger partial charge in [-0.2, -0.15) is 0 Å². The van der Waals surface area contributed by atoms with Crippen molar-refractivity contribution in [2.75, 3.05) is 20.8 Å². The van der Waals surface area contributed by atoms with E-state index in [9.17, 15) is 8.78 Å². The second kappa shape index (κ2) is 8.31. The van der Waals surface area contributed by atoms with Gasteiger partial charge in [-0.1, -0.05) is 6.07 Å². The molecular weight excluding hydrogens is 258 g/mol. The fourth-order valence-electron chi connectivity index (χ4n) is 1.50. The molecule has 0 aromatic heterocycles. The van der Waals surface area contributed by atoms with E-state index < -0.39 is 21.2 Å². The fraction of sp³-hybridized carbons (Fsp3) is 0.500. The second-order valence-electron chi connectivity index (χ2n) is 3.70. The molecule has 3 nitrogen and oxygen atoms in total. The molecule has 18 heavy (non-hydrogen) atoms. The van der Waals surface area contributed by atoms with Crippen LogP contribution in [0, 0.1) is 11.6 Å². The van der Waals surface area contributed by atoms with Gasteiger partial charge >= 0.3 is 9.53 Å². The van der Waals surface area contributed by atoms with E-state index in [2.05, 4.69) is 0 Å². The van der Waals surface area contributed by atoms with Gasteiger partial charge in [0, 0.05) is 26.9 Å². The molecule has 0 atom stereocenters. The van der Waals surface area contributed by atoms with Crippen molar-refractivity contribution in [2.45, 2.75) is 19.3 Å². The molecule has 1 radical (unpaired) electrons. The van der Waals surface area contributed by atoms with Crippen molar-refractivity contribution in [2.24, 2.45) is 0 Å². The van der Waals surface area contributed by atoms with Gasteiger partial charge in [-0.05, 0) is 30.9 Å². The molecule has 1 rings (SSSR count). The highest BCUT2D eigenvalue weighted by Gasteiger charge is 2.13. The van der Waals surface area contributed by atoms with Gasteiger partial charge in [-0.3, -0.25) is 0 Å². The van der Waals surface area contributed by atoms with E-state index >= 15 is 0 Å². The van der Waals surface area contributed by atoms with Crippen LogP contribution in [-0.4, -0.2) is 30.4 Å². The van der Waals surface area contributed by atoms with E-state index in [0.29, 0.717) is 18.6 Å². The van der Waals surface area contributed by atoms with Crippen molar-refractivity contribution < 1.29 is 22.1 Å². The van der Waals surface area contributed by atoms with Crippen molar-refractivity contribution in [1.29, 1.82) is 0 Å². The molecule has 6 heteroatoms. The number of benzene rings is 1. The summed E-state index contributed by atoms with van der Waals surface area (Å²) in [6.07, 6.45) is 2.11. The van der Waals surface area contributed by atoms with Gasteiger partial charge in [-0.15, -0.1) is 0 Å². The fourth-order valence-corrected chi connectivity index (χ4v) is 2.21. The third kappa shape index (κ3) is 5.22. The molecule has 0 bridgehead atoms. The first-order valence-corrected chi connectivity index (χ1v) is 6.91. The van der Waals surface area contributed by atoms with E-state index in [1.165, 1.54) is 26.4 Å². The van der Waals surface area contributed by atoms with Gasteiger partial charge in [0.15, 0.2) is 0 Å². The van der Waals surface area contributed by atoms with Crippen molar-refractivity contribution in [3.05, 3.63) is 35.4 Å². The van der Waals surface area contributed by atoms with Crippen LogP contribution in [0.1, 0.15) is 18.4 Å². The monoisotopic (exact) mass is 275 g/mol. The zero-order valence-corrected chi connectivity index (χ0v) is 11.5. The van der Waals surface area contributed by atoms with Crippen LogP contribution in [0.3, 0.4) is 0 Å². The number of hydrogen-bond acceptors (Lipinski definition) is 3. The van der Waals surface area contributed by atoms with Gasteiger partial charge in [-0.25, -0.2) is 8.78 Å². The maximum absolute atomic E-state index is 13.3. The van der Waals surface area contributed by atoms with E-state index in [4.69, 9.17) is 13.3 Å². The first-order valence-electron chi connectivity index (χ1n) is 5.69. The molecule has 101 valence electrons. The van der Waals surface area contributed by atoms with Gasteiger partial charge in [0.25, 0.3) is 0 Å². The predicted octanol–water partition coefficient (Wildman–Crippen LogP) is 2.58. The Morgan fingerprint density at radius 3 is 2.44 bits per heavy atom. The molecule has 0 spiro atoms. The van der Waals surface area contributed by atoms with E-state index in [1.54, 1.807) is 0 Å². The summed E-state index contributed by atoms with van der Waals surface area (Å²) in [5.74, 6) is -1.04. The number of aryl methyl sites for hydroxylation is 1. The molecule has 0 amide bonds. The standard InChI is InChI=1S/C12H17F2O3Si/c1-15-18(16-2)17-8-4-3-5-10-6-7-11(13)9-12(10)14/h6-7,9H,3-5,8H2,1-2H3. The highest BCUT2D eigenvalue weighted by atomic mass is 28.3. The van der Waals surface area contributed by atoms with Crippen LogP contribution in [0.5, 0.6) is 0 Å². The number of halogens is 2. The van der Waals surface area contributed by atoms with E-state index in [0.717, 1.165) is 18.9 Å². The largest absolute Gasteiger partial charge is 0.577 e. The minimum atomic E-state index is -1.61. The summed E-state index contributed by atoms with van der Waals surface area (Å²) in [6, 6.07) is 3.65. The molecule has 0 aliphatic carbocycles. The zero-order chi connectivity index (χ0) is 13.4. The Bertz CT molecular complexity index is 359. The molecular formula is C12H17F2O3Si. The predicted molar refractivity (Wildman–Crippen MR) is 65.0 cm³/mol. The maximum atomic E-state index is 13.3. The van der Waals surface area contributed by atoms with Gasteiger partial charge in [0.2, 0.25) is 0 Å². The highest BCUT2D eigenvalue weighted by Crippen LogP contribution is 2.12. The smallest absolute Gasteiger partial charge is 0.375 e. The van der Waals surface area contributed by atoms with Crippen LogP contribution in [0.2, 0.25) is 0 Å². The Labute approximate surface area is 108 Å². The first kappa shape index (κ1) is 15.2. The summed E-state index contributed by atoms with van der Waals surface area (Å²) in [6.45, 7) is 0.513. The maximum Gasteiger partial charge on any atom is 0.577 e. The van der Waals surface area contributed by atoms with Gasteiger partial charge in [0.05, 0.1) is 0 Å². The van der Waals surface area contributed by atoms with Crippen LogP contribution >= 0.6 is 0 Å². The van der Waals surface area contributed by atoms with Crippen molar-refractivity contribution in [3.8, 4) is 0 Å². The zero-order valence-electron chi connectivity index (χ0n) is 10.5. The first-order chi connectivity index (χ1) is 8.67. The van der Waals surface area contributed by atoms with E-state index in [-0.39, 0.29) is 0 Å². The quantitative estimate of drug-likeness (QED) is 0.539. The van der Waals surface area contributed by atoms with E-state index in [1.807, 2.05) is 0 Å². The molecule has 0 unspecified atom stereocenters. The normalized spacial score (nSPS) is 11.2. The molecule has 1 aromatic carbocycles. The van der Waals surface area contributed by atoms with Crippen molar-refractivity contribution in [3.63, 3.8) is 0 Å². The number of unbranched alkanes of at least 4 members (excludes halogenated alkanes) is 1. The van der Waals surface area contributed by atoms with Crippen LogP contribution in [0.4, 0.5) is 8.78 Å². The molecule has 0 saturated carbocycles. The molecule has 0 aliphatic rings. The SMILES string of the molecule is CO[Si](OC)OCCCCc1ccc(F)cc1F. The number of rotatable bonds is 8. The molecule has 0 heterocycles. The average molecular weight is 275 g/mol. The summed E-state index contributed by atoms with van der Waals surface area (Å²) in [7, 11) is 1.46. The van der Waals surface area contributed by atoms with Crippen LogP contribution < -0.4 is 0 Å². The third-order valence-electron chi connectivity index (χ3n) is 2.41. The van der Waals surface area contributed by atoms with Gasteiger partial charge in [0.1, 0.15) is 11.6 Å². The lowest BCUT2D eigenvalue weighted by atomic mass is 10.1. The Balaban J connectivity index is 2.21. The summed E-state index contributed by atoms with van der Waals surface area (Å²) in [4.78, 5) is 0. The Morgan fingerprint density at radius 1 is 1.11 bits per heavy atom. The lowest BCUT2D eigenvalue weighted by Crippen LogP contribution is -2.24. The van der Waals surface area contributed by atoms with Crippen molar-refractivity contribution >= 4 is 9.53 Å². The molecule has 0 aliphatic heterocycles. The minimum absolute atomic E-state index is 0.491. The van der Waals surface area contributed by atoms with Gasteiger partial charge < -0.3 is 13.3 Å². The topological polar surface area (TPSA) is 27.7 Å². The second-order valence-corrected chi connectivity index (χ2v) is 5.30. The highest BCUT2D eigenvalue weighted by molar-refractivity contribution is 6.36. The molecule has 0 saturated heterocycles. The third-order valence-corrected chi connectivity index (χ3v) is 3.52. The Kier molecular flexibility index (Phi) is 7.03. The van der Waals surface area contributed by atoms with Crippen LogP contribution in [0.15, 0.2) is 18.2 Å². The molecule has 0 fully saturated rings. The molecule has 0 N–H and O–H groups in total. The Morgan fingerprint density at radius 2 is 1.83 bits per heavy atom. The van der Waals surface area contributed by atoms with Crippen LogP contribution in [-0.2, 0) is 19.7 Å². The number of hydrogen-bond donors (Lipinski definition) is 0. The minimum Gasteiger partial charge on any atom is -0.375 e. The summed E-state index contributed by atoms with van der Waals surface area (Å²) < 4.78 is 41.2. The summed E-state index contributed by atoms with van der Waals surface area (Å²) in [5, 5.41) is 0. The summed E-state index contributed by atoms with van der Waals surface area (Å²) >= 11 is 0. The Hall–Kier alpha value is -0.823. The van der Waals surface area contributed by atoms with Crippen molar-refractivity contribution in [1.82, 2.24) is 0 Å². The summed E-state index contributed by atoms with van der Waals surface area (Å²) in [5.41, 5.74) is 0.528. The van der Waals surface area contributed by atoms with Crippen LogP contribution in [0.25, 0.3) is 0 Å². The lowest BCUT2D eigenvalue weighted by molar-refractivity contribution is 0.133. The average Bonchev–Trinajstić information content (AvgIpc) is 2.36.